The van der Waals surface area contributed by atoms with Gasteiger partial charge >= 0.3 is 0 Å². The Morgan fingerprint density at radius 3 is 2.47 bits per heavy atom. The summed E-state index contributed by atoms with van der Waals surface area (Å²) in [4.78, 5) is 49.9. The van der Waals surface area contributed by atoms with Crippen molar-refractivity contribution in [2.24, 2.45) is 5.73 Å². The number of nitrogens with one attached hydrogen (secondary N) is 2. The molecule has 1 saturated heterocycles. The van der Waals surface area contributed by atoms with Crippen LogP contribution in [0.3, 0.4) is 0 Å². The molecule has 0 radical (unpaired) electrons. The highest BCUT2D eigenvalue weighted by Crippen LogP contribution is 2.19. The highest BCUT2D eigenvalue weighted by molar-refractivity contribution is 5.97. The van der Waals surface area contributed by atoms with Crippen molar-refractivity contribution in [1.82, 2.24) is 15.5 Å². The van der Waals surface area contributed by atoms with Gasteiger partial charge in [0, 0.05) is 30.8 Å². The van der Waals surface area contributed by atoms with Crippen LogP contribution in [0.15, 0.2) is 72.8 Å². The number of rotatable bonds is 8. The number of amides is 4. The SMILES string of the molecule is NC(=O)c1ccccc1OCc1cccc(C(=O)NCc2ccc(C(=O)N3CCNC(=O)C3)cc2)c1. The van der Waals surface area contributed by atoms with Gasteiger partial charge in [-0.25, -0.2) is 0 Å². The van der Waals surface area contributed by atoms with Gasteiger partial charge in [0.2, 0.25) is 5.91 Å². The lowest BCUT2D eigenvalue weighted by atomic mass is 10.1. The molecular weight excluding hydrogens is 460 g/mol. The van der Waals surface area contributed by atoms with Gasteiger partial charge < -0.3 is 26.0 Å². The smallest absolute Gasteiger partial charge is 0.254 e. The van der Waals surface area contributed by atoms with E-state index < -0.39 is 5.91 Å². The average Bonchev–Trinajstić information content (AvgIpc) is 2.90. The molecule has 9 heteroatoms. The lowest BCUT2D eigenvalue weighted by Gasteiger charge is -2.26. The van der Waals surface area contributed by atoms with Gasteiger partial charge in [-0.15, -0.1) is 0 Å². The van der Waals surface area contributed by atoms with E-state index in [4.69, 9.17) is 10.5 Å². The monoisotopic (exact) mass is 486 g/mol. The number of nitrogens with zero attached hydrogens (tertiary/aromatic N) is 1. The number of benzene rings is 3. The van der Waals surface area contributed by atoms with E-state index in [2.05, 4.69) is 10.6 Å². The highest BCUT2D eigenvalue weighted by atomic mass is 16.5. The maximum absolute atomic E-state index is 12.7. The van der Waals surface area contributed by atoms with Crippen LogP contribution in [-0.4, -0.2) is 48.2 Å². The standard InChI is InChI=1S/C27H26N4O5/c28-25(33)22-6-1-2-7-23(22)36-17-19-4-3-5-21(14-19)26(34)30-15-18-8-10-20(11-9-18)27(35)31-13-12-29-24(32)16-31/h1-11,14H,12-13,15-17H2,(H2,28,33)(H,29,32)(H,30,34). The summed E-state index contributed by atoms with van der Waals surface area (Å²) in [6, 6.07) is 20.7. The summed E-state index contributed by atoms with van der Waals surface area (Å²) < 4.78 is 5.74. The van der Waals surface area contributed by atoms with Gasteiger partial charge in [0.25, 0.3) is 17.7 Å². The Morgan fingerprint density at radius 1 is 0.944 bits per heavy atom. The molecule has 4 N–H and O–H groups in total. The van der Waals surface area contributed by atoms with Gasteiger partial charge in [0.05, 0.1) is 12.1 Å². The maximum atomic E-state index is 12.7. The Balaban J connectivity index is 1.32. The molecule has 0 aromatic heterocycles. The van der Waals surface area contributed by atoms with Crippen molar-refractivity contribution in [3.05, 3.63) is 101 Å². The van der Waals surface area contributed by atoms with E-state index in [1.807, 2.05) is 6.07 Å². The molecule has 0 saturated carbocycles. The molecule has 3 aromatic rings. The van der Waals surface area contributed by atoms with Crippen LogP contribution < -0.4 is 21.1 Å². The number of nitrogens with two attached hydrogens (primary N) is 1. The van der Waals surface area contributed by atoms with Crippen LogP contribution >= 0.6 is 0 Å². The first-order chi connectivity index (χ1) is 17.4. The second-order valence-electron chi connectivity index (χ2n) is 8.31. The van der Waals surface area contributed by atoms with E-state index in [-0.39, 0.29) is 37.4 Å². The summed E-state index contributed by atoms with van der Waals surface area (Å²) in [6.07, 6.45) is 0. The third-order valence-corrected chi connectivity index (χ3v) is 5.72. The fourth-order valence-electron chi connectivity index (χ4n) is 3.80. The minimum Gasteiger partial charge on any atom is -0.488 e. The van der Waals surface area contributed by atoms with Gasteiger partial charge in [0.1, 0.15) is 12.4 Å². The zero-order chi connectivity index (χ0) is 25.5. The minimum absolute atomic E-state index is 0.0540. The summed E-state index contributed by atoms with van der Waals surface area (Å²) in [6.45, 7) is 1.43. The van der Waals surface area contributed by atoms with Crippen LogP contribution in [0.5, 0.6) is 5.75 Å². The number of primary amides is 1. The molecule has 4 rings (SSSR count). The number of hydrogen-bond donors (Lipinski definition) is 3. The maximum Gasteiger partial charge on any atom is 0.254 e. The molecule has 0 bridgehead atoms. The molecule has 0 unspecified atom stereocenters. The molecule has 1 heterocycles. The van der Waals surface area contributed by atoms with Gasteiger partial charge in [-0.1, -0.05) is 36.4 Å². The summed E-state index contributed by atoms with van der Waals surface area (Å²) in [5.41, 5.74) is 8.23. The molecule has 36 heavy (non-hydrogen) atoms. The number of ether oxygens (including phenoxy) is 1. The van der Waals surface area contributed by atoms with Crippen molar-refractivity contribution in [3.8, 4) is 5.75 Å². The van der Waals surface area contributed by atoms with Gasteiger partial charge in [-0.2, -0.15) is 0 Å². The zero-order valence-electron chi connectivity index (χ0n) is 19.5. The van der Waals surface area contributed by atoms with Crippen molar-refractivity contribution in [2.45, 2.75) is 13.2 Å². The van der Waals surface area contributed by atoms with E-state index >= 15 is 0 Å². The molecule has 0 aliphatic carbocycles. The molecule has 4 amide bonds. The Hall–Kier alpha value is -4.66. The van der Waals surface area contributed by atoms with Crippen LogP contribution in [0.1, 0.15) is 42.2 Å². The highest BCUT2D eigenvalue weighted by Gasteiger charge is 2.22. The Kier molecular flexibility index (Phi) is 7.60. The first kappa shape index (κ1) is 24.5. The molecule has 0 atom stereocenters. The number of hydrogen-bond acceptors (Lipinski definition) is 5. The molecule has 1 fully saturated rings. The number of carbonyl (C=O) groups is 4. The van der Waals surface area contributed by atoms with Crippen molar-refractivity contribution in [3.63, 3.8) is 0 Å². The zero-order valence-corrected chi connectivity index (χ0v) is 19.5. The first-order valence-electron chi connectivity index (χ1n) is 11.4. The molecule has 184 valence electrons. The van der Waals surface area contributed by atoms with E-state index in [0.717, 1.165) is 11.1 Å². The Bertz CT molecular complexity index is 1290. The van der Waals surface area contributed by atoms with Crippen LogP contribution in [0.2, 0.25) is 0 Å². The van der Waals surface area contributed by atoms with Crippen LogP contribution in [0, 0.1) is 0 Å². The van der Waals surface area contributed by atoms with Crippen molar-refractivity contribution >= 4 is 23.6 Å². The van der Waals surface area contributed by atoms with Crippen LogP contribution in [0.4, 0.5) is 0 Å². The minimum atomic E-state index is -0.574. The summed E-state index contributed by atoms with van der Waals surface area (Å²) >= 11 is 0. The number of piperazine rings is 1. The molecule has 0 spiro atoms. The lowest BCUT2D eigenvalue weighted by molar-refractivity contribution is -0.123. The molecule has 1 aliphatic heterocycles. The lowest BCUT2D eigenvalue weighted by Crippen LogP contribution is -2.49. The quantitative estimate of drug-likeness (QED) is 0.447. The molecular formula is C27H26N4O5. The van der Waals surface area contributed by atoms with E-state index in [0.29, 0.717) is 35.5 Å². The molecule has 9 nitrogen and oxygen atoms in total. The van der Waals surface area contributed by atoms with E-state index in [1.54, 1.807) is 66.7 Å². The number of carbonyl (C=O) groups excluding carboxylic acids is 4. The summed E-state index contributed by atoms with van der Waals surface area (Å²) in [5, 5.41) is 5.56. The molecule has 1 aliphatic rings. The third kappa shape index (κ3) is 6.06. The fourth-order valence-corrected chi connectivity index (χ4v) is 3.80. The van der Waals surface area contributed by atoms with Gasteiger partial charge in [-0.05, 0) is 47.5 Å². The van der Waals surface area contributed by atoms with Gasteiger partial charge in [-0.3, -0.25) is 19.2 Å². The second-order valence-corrected chi connectivity index (χ2v) is 8.31. The largest absolute Gasteiger partial charge is 0.488 e. The second kappa shape index (κ2) is 11.2. The molecule has 3 aromatic carbocycles. The van der Waals surface area contributed by atoms with Crippen LogP contribution in [-0.2, 0) is 17.9 Å². The topological polar surface area (TPSA) is 131 Å². The fraction of sp³-hybridized carbons (Fsp3) is 0.185. The van der Waals surface area contributed by atoms with Crippen molar-refractivity contribution in [1.29, 1.82) is 0 Å². The predicted octanol–water partition coefficient (Wildman–Crippen LogP) is 1.87. The predicted molar refractivity (Wildman–Crippen MR) is 132 cm³/mol. The van der Waals surface area contributed by atoms with E-state index in [9.17, 15) is 19.2 Å². The Morgan fingerprint density at radius 2 is 1.72 bits per heavy atom. The number of para-hydroxylation sites is 1. The first-order valence-corrected chi connectivity index (χ1v) is 11.4. The summed E-state index contributed by atoms with van der Waals surface area (Å²) in [7, 11) is 0. The van der Waals surface area contributed by atoms with Crippen LogP contribution in [0.25, 0.3) is 0 Å². The van der Waals surface area contributed by atoms with E-state index in [1.165, 1.54) is 4.90 Å². The van der Waals surface area contributed by atoms with Crippen molar-refractivity contribution < 1.29 is 23.9 Å². The Labute approximate surface area is 208 Å². The third-order valence-electron chi connectivity index (χ3n) is 5.72. The van der Waals surface area contributed by atoms with Gasteiger partial charge in [0.15, 0.2) is 0 Å². The average molecular weight is 487 g/mol. The summed E-state index contributed by atoms with van der Waals surface area (Å²) in [5.74, 6) is -0.813. The van der Waals surface area contributed by atoms with Crippen molar-refractivity contribution in [2.75, 3.05) is 19.6 Å². The normalized spacial score (nSPS) is 13.0.